The highest BCUT2D eigenvalue weighted by Gasteiger charge is 2.19. The molecule has 1 aromatic heterocycles. The van der Waals surface area contributed by atoms with Crippen molar-refractivity contribution in [2.75, 3.05) is 26.0 Å². The number of sulfonamides is 1. The van der Waals surface area contributed by atoms with Crippen molar-refractivity contribution in [3.05, 3.63) is 59.0 Å². The number of hydrogen-bond donors (Lipinski definition) is 1. The van der Waals surface area contributed by atoms with Gasteiger partial charge in [0.2, 0.25) is 10.0 Å². The lowest BCUT2D eigenvalue weighted by Crippen LogP contribution is -2.22. The molecule has 2 aromatic carbocycles. The Morgan fingerprint density at radius 2 is 2.03 bits per heavy atom. The summed E-state index contributed by atoms with van der Waals surface area (Å²) in [5.41, 5.74) is 3.13. The number of aromatic nitrogens is 1. The molecular weight excluding hydrogens is 410 g/mol. The SMILES string of the molecule is CN(C)S(=O)(=O)c1cccc(C(=O)Nc2nc(-c3ccc4c(c3)CCO4)cs2)c1. The van der Waals surface area contributed by atoms with Gasteiger partial charge >= 0.3 is 0 Å². The lowest BCUT2D eigenvalue weighted by atomic mass is 10.1. The number of thiazole rings is 1. The molecular formula is C20H19N3O4S2. The van der Waals surface area contributed by atoms with Gasteiger partial charge in [0.25, 0.3) is 5.91 Å². The molecule has 0 saturated carbocycles. The minimum Gasteiger partial charge on any atom is -0.493 e. The molecule has 1 aliphatic rings. The van der Waals surface area contributed by atoms with Gasteiger partial charge in [-0.15, -0.1) is 11.3 Å². The number of benzene rings is 2. The normalized spacial score (nSPS) is 13.2. The third-order valence-electron chi connectivity index (χ3n) is 4.58. The fraction of sp³-hybridized carbons (Fsp3) is 0.200. The van der Waals surface area contributed by atoms with Gasteiger partial charge in [-0.3, -0.25) is 10.1 Å². The fourth-order valence-electron chi connectivity index (χ4n) is 2.99. The Labute approximate surface area is 173 Å². The molecule has 0 aliphatic carbocycles. The van der Waals surface area contributed by atoms with E-state index in [9.17, 15) is 13.2 Å². The predicted octanol–water partition coefficient (Wildman–Crippen LogP) is 3.25. The Morgan fingerprint density at radius 3 is 2.83 bits per heavy atom. The van der Waals surface area contributed by atoms with Crippen molar-refractivity contribution in [3.8, 4) is 17.0 Å². The number of ether oxygens (including phenoxy) is 1. The molecule has 1 N–H and O–H groups in total. The highest BCUT2D eigenvalue weighted by atomic mass is 32.2. The number of carbonyl (C=O) groups excluding carboxylic acids is 1. The average molecular weight is 430 g/mol. The van der Waals surface area contributed by atoms with E-state index in [1.807, 2.05) is 17.5 Å². The molecule has 9 heteroatoms. The standard InChI is InChI=1S/C20H19N3O4S2/c1-23(2)29(25,26)16-5-3-4-15(11-16)19(24)22-20-21-17(12-28-20)13-6-7-18-14(10-13)8-9-27-18/h3-7,10-12H,8-9H2,1-2H3,(H,21,22,24). The number of nitrogens with zero attached hydrogens (tertiary/aromatic N) is 2. The summed E-state index contributed by atoms with van der Waals surface area (Å²) in [7, 11) is -0.715. The molecule has 0 fully saturated rings. The number of hydrogen-bond acceptors (Lipinski definition) is 6. The van der Waals surface area contributed by atoms with Gasteiger partial charge in [-0.1, -0.05) is 6.07 Å². The summed E-state index contributed by atoms with van der Waals surface area (Å²) in [6.07, 6.45) is 0.878. The summed E-state index contributed by atoms with van der Waals surface area (Å²) < 4.78 is 31.2. The molecule has 0 bridgehead atoms. The second kappa shape index (κ2) is 7.58. The zero-order valence-electron chi connectivity index (χ0n) is 15.9. The van der Waals surface area contributed by atoms with Gasteiger partial charge in [0.1, 0.15) is 5.75 Å². The van der Waals surface area contributed by atoms with Crippen molar-refractivity contribution in [1.82, 2.24) is 9.29 Å². The fourth-order valence-corrected chi connectivity index (χ4v) is 4.65. The molecule has 150 valence electrons. The Morgan fingerprint density at radius 1 is 1.21 bits per heavy atom. The largest absolute Gasteiger partial charge is 0.493 e. The molecule has 1 aliphatic heterocycles. The van der Waals surface area contributed by atoms with Crippen LogP contribution < -0.4 is 10.1 Å². The van der Waals surface area contributed by atoms with Crippen molar-refractivity contribution in [1.29, 1.82) is 0 Å². The van der Waals surface area contributed by atoms with E-state index in [2.05, 4.69) is 16.4 Å². The van der Waals surface area contributed by atoms with Crippen molar-refractivity contribution in [2.45, 2.75) is 11.3 Å². The molecule has 29 heavy (non-hydrogen) atoms. The number of amides is 1. The molecule has 0 radical (unpaired) electrons. The number of fused-ring (bicyclic) bond motifs is 1. The lowest BCUT2D eigenvalue weighted by Gasteiger charge is -2.12. The van der Waals surface area contributed by atoms with Crippen LogP contribution in [0.15, 0.2) is 52.7 Å². The van der Waals surface area contributed by atoms with Crippen LogP contribution in [0.25, 0.3) is 11.3 Å². The summed E-state index contributed by atoms with van der Waals surface area (Å²) in [6, 6.07) is 11.9. The molecule has 0 spiro atoms. The molecule has 0 unspecified atom stereocenters. The van der Waals surface area contributed by atoms with E-state index in [1.165, 1.54) is 37.6 Å². The first-order chi connectivity index (χ1) is 13.8. The quantitative estimate of drug-likeness (QED) is 0.673. The highest BCUT2D eigenvalue weighted by molar-refractivity contribution is 7.89. The summed E-state index contributed by atoms with van der Waals surface area (Å²) in [4.78, 5) is 17.1. The minimum absolute atomic E-state index is 0.0651. The van der Waals surface area contributed by atoms with Gasteiger partial charge in [-0.2, -0.15) is 0 Å². The summed E-state index contributed by atoms with van der Waals surface area (Å²) in [5, 5.41) is 5.07. The second-order valence-electron chi connectivity index (χ2n) is 6.73. The zero-order valence-corrected chi connectivity index (χ0v) is 17.5. The first-order valence-corrected chi connectivity index (χ1v) is 11.2. The van der Waals surface area contributed by atoms with Crippen LogP contribution >= 0.6 is 11.3 Å². The Kier molecular flexibility index (Phi) is 5.12. The van der Waals surface area contributed by atoms with E-state index in [1.54, 1.807) is 12.1 Å². The van der Waals surface area contributed by atoms with Crippen LogP contribution in [0.5, 0.6) is 5.75 Å². The smallest absolute Gasteiger partial charge is 0.257 e. The van der Waals surface area contributed by atoms with Crippen molar-refractivity contribution in [3.63, 3.8) is 0 Å². The maximum Gasteiger partial charge on any atom is 0.257 e. The Balaban J connectivity index is 1.53. The third-order valence-corrected chi connectivity index (χ3v) is 7.15. The average Bonchev–Trinajstić information content (AvgIpc) is 3.36. The highest BCUT2D eigenvalue weighted by Crippen LogP contribution is 2.32. The first kappa shape index (κ1) is 19.6. The minimum atomic E-state index is -3.61. The molecule has 3 aromatic rings. The topological polar surface area (TPSA) is 88.6 Å². The van der Waals surface area contributed by atoms with Crippen molar-refractivity contribution in [2.24, 2.45) is 0 Å². The van der Waals surface area contributed by atoms with Crippen LogP contribution in [0.4, 0.5) is 5.13 Å². The molecule has 1 amide bonds. The van der Waals surface area contributed by atoms with Gasteiger partial charge in [0, 0.05) is 37.0 Å². The third kappa shape index (κ3) is 3.89. The first-order valence-electron chi connectivity index (χ1n) is 8.90. The van der Waals surface area contributed by atoms with E-state index < -0.39 is 15.9 Å². The number of nitrogens with one attached hydrogen (secondary N) is 1. The summed E-state index contributed by atoms with van der Waals surface area (Å²) >= 11 is 1.31. The molecule has 0 atom stereocenters. The Hall–Kier alpha value is -2.75. The zero-order chi connectivity index (χ0) is 20.6. The van der Waals surface area contributed by atoms with Crippen LogP contribution in [0.1, 0.15) is 15.9 Å². The van der Waals surface area contributed by atoms with Crippen LogP contribution in [0.3, 0.4) is 0 Å². The van der Waals surface area contributed by atoms with Gasteiger partial charge in [0.15, 0.2) is 5.13 Å². The number of carbonyl (C=O) groups is 1. The van der Waals surface area contributed by atoms with E-state index in [-0.39, 0.29) is 10.5 Å². The van der Waals surface area contributed by atoms with Crippen LogP contribution in [0, 0.1) is 0 Å². The van der Waals surface area contributed by atoms with Crippen molar-refractivity contribution >= 4 is 32.4 Å². The summed E-state index contributed by atoms with van der Waals surface area (Å²) in [6.45, 7) is 0.694. The van der Waals surface area contributed by atoms with Gasteiger partial charge in [-0.05, 0) is 42.0 Å². The van der Waals surface area contributed by atoms with Crippen LogP contribution in [0.2, 0.25) is 0 Å². The molecule has 2 heterocycles. The van der Waals surface area contributed by atoms with Crippen LogP contribution in [-0.2, 0) is 16.4 Å². The van der Waals surface area contributed by atoms with E-state index in [4.69, 9.17) is 4.74 Å². The number of rotatable bonds is 5. The van der Waals surface area contributed by atoms with Gasteiger partial charge in [0.05, 0.1) is 17.2 Å². The van der Waals surface area contributed by atoms with Gasteiger partial charge in [-0.25, -0.2) is 17.7 Å². The monoisotopic (exact) mass is 429 g/mol. The van der Waals surface area contributed by atoms with E-state index >= 15 is 0 Å². The number of anilines is 1. The maximum absolute atomic E-state index is 12.6. The van der Waals surface area contributed by atoms with Crippen LogP contribution in [-0.4, -0.2) is 44.3 Å². The summed E-state index contributed by atoms with van der Waals surface area (Å²) in [5.74, 6) is 0.495. The molecule has 0 saturated heterocycles. The van der Waals surface area contributed by atoms with Crippen molar-refractivity contribution < 1.29 is 17.9 Å². The second-order valence-corrected chi connectivity index (χ2v) is 9.74. The molecule has 7 nitrogen and oxygen atoms in total. The Bertz CT molecular complexity index is 1190. The van der Waals surface area contributed by atoms with E-state index in [0.29, 0.717) is 11.7 Å². The predicted molar refractivity (Wildman–Crippen MR) is 112 cm³/mol. The lowest BCUT2D eigenvalue weighted by molar-refractivity contribution is 0.102. The maximum atomic E-state index is 12.6. The molecule has 4 rings (SSSR count). The van der Waals surface area contributed by atoms with Gasteiger partial charge < -0.3 is 4.74 Å². The van der Waals surface area contributed by atoms with E-state index in [0.717, 1.165) is 33.3 Å².